The highest BCUT2D eigenvalue weighted by Gasteiger charge is 2.21. The molecule has 0 aliphatic rings. The van der Waals surface area contributed by atoms with Gasteiger partial charge in [0.05, 0.1) is 38.2 Å². The van der Waals surface area contributed by atoms with Crippen molar-refractivity contribution in [2.45, 2.75) is 0 Å². The largest absolute Gasteiger partial charge is 0.494 e. The molecule has 11 heteroatoms. The standard InChI is InChI=1S/C24H28ClN3O5S.ClH/c1-27(2)11-12-28(24-26-21-17(30-3)9-8-16(25)23(21)34-24)20(29)10-7-15-13-18(31-4)22(33-6)19(14-15)32-5;/h7-10,13-14H,11-12H2,1-6H3;1H. The molecule has 0 N–H and O–H groups in total. The second-order valence-corrected chi connectivity index (χ2v) is 8.89. The minimum Gasteiger partial charge on any atom is -0.494 e. The zero-order valence-corrected chi connectivity index (χ0v) is 22.8. The van der Waals surface area contributed by atoms with Crippen molar-refractivity contribution in [3.8, 4) is 23.0 Å². The Balaban J connectivity index is 0.00000432. The first-order valence-electron chi connectivity index (χ1n) is 10.4. The number of thiazole rings is 1. The van der Waals surface area contributed by atoms with E-state index in [9.17, 15) is 4.79 Å². The number of rotatable bonds is 10. The maximum atomic E-state index is 13.3. The van der Waals surface area contributed by atoms with Crippen molar-refractivity contribution < 1.29 is 23.7 Å². The van der Waals surface area contributed by atoms with Crippen LogP contribution in [0.4, 0.5) is 5.13 Å². The molecule has 2 aromatic carbocycles. The number of halogens is 2. The number of hydrogen-bond acceptors (Lipinski definition) is 8. The van der Waals surface area contributed by atoms with E-state index in [0.717, 1.165) is 10.3 Å². The lowest BCUT2D eigenvalue weighted by Gasteiger charge is -2.20. The van der Waals surface area contributed by atoms with E-state index in [2.05, 4.69) is 4.98 Å². The highest BCUT2D eigenvalue weighted by molar-refractivity contribution is 7.23. The Morgan fingerprint density at radius 3 is 2.17 bits per heavy atom. The Hall–Kier alpha value is -2.72. The van der Waals surface area contributed by atoms with E-state index < -0.39 is 0 Å². The van der Waals surface area contributed by atoms with Gasteiger partial charge in [-0.15, -0.1) is 12.4 Å². The predicted molar refractivity (Wildman–Crippen MR) is 144 cm³/mol. The molecule has 0 radical (unpaired) electrons. The Morgan fingerprint density at radius 2 is 1.63 bits per heavy atom. The third-order valence-electron chi connectivity index (χ3n) is 5.04. The summed E-state index contributed by atoms with van der Waals surface area (Å²) in [6.45, 7) is 1.11. The lowest BCUT2D eigenvalue weighted by molar-refractivity contribution is -0.114. The van der Waals surface area contributed by atoms with Gasteiger partial charge in [-0.1, -0.05) is 22.9 Å². The Bertz CT molecular complexity index is 1170. The average molecular weight is 542 g/mol. The molecule has 0 spiro atoms. The molecule has 0 fully saturated rings. The fourth-order valence-electron chi connectivity index (χ4n) is 3.28. The van der Waals surface area contributed by atoms with E-state index in [1.807, 2.05) is 19.0 Å². The fourth-order valence-corrected chi connectivity index (χ4v) is 4.56. The van der Waals surface area contributed by atoms with Crippen LogP contribution in [0.2, 0.25) is 5.02 Å². The van der Waals surface area contributed by atoms with Crippen LogP contribution in [0.1, 0.15) is 5.56 Å². The number of ether oxygens (including phenoxy) is 4. The summed E-state index contributed by atoms with van der Waals surface area (Å²) in [7, 11) is 10.1. The van der Waals surface area contributed by atoms with Crippen LogP contribution in [-0.2, 0) is 4.79 Å². The molecule has 0 aliphatic carbocycles. The molecular weight excluding hydrogens is 513 g/mol. The number of amides is 1. The minimum atomic E-state index is -0.218. The fraction of sp³-hybridized carbons (Fsp3) is 0.333. The molecule has 0 saturated carbocycles. The second-order valence-electron chi connectivity index (χ2n) is 7.51. The number of carbonyl (C=O) groups excluding carboxylic acids is 1. The zero-order valence-electron chi connectivity index (χ0n) is 20.5. The molecule has 0 bridgehead atoms. The molecule has 1 aromatic heterocycles. The van der Waals surface area contributed by atoms with Gasteiger partial charge in [-0.2, -0.15) is 0 Å². The number of fused-ring (bicyclic) bond motifs is 1. The van der Waals surface area contributed by atoms with Gasteiger partial charge >= 0.3 is 0 Å². The van der Waals surface area contributed by atoms with Crippen molar-refractivity contribution >= 4 is 62.7 Å². The van der Waals surface area contributed by atoms with Crippen molar-refractivity contribution in [2.75, 3.05) is 60.5 Å². The third kappa shape index (κ3) is 6.49. The van der Waals surface area contributed by atoms with Crippen molar-refractivity contribution in [3.63, 3.8) is 0 Å². The molecule has 0 saturated heterocycles. The van der Waals surface area contributed by atoms with Gasteiger partial charge in [-0.05, 0) is 50.0 Å². The SMILES string of the molecule is COc1cc(C=CC(=O)N(CCN(C)C)c2nc3c(OC)ccc(Cl)c3s2)cc(OC)c1OC.Cl. The summed E-state index contributed by atoms with van der Waals surface area (Å²) in [5.41, 5.74) is 1.36. The van der Waals surface area contributed by atoms with Gasteiger partial charge in [0.1, 0.15) is 11.3 Å². The number of likely N-dealkylation sites (N-methyl/N-ethyl adjacent to an activating group) is 1. The average Bonchev–Trinajstić information content (AvgIpc) is 3.28. The lowest BCUT2D eigenvalue weighted by atomic mass is 10.1. The predicted octanol–water partition coefficient (Wildman–Crippen LogP) is 5.01. The Labute approximate surface area is 220 Å². The summed E-state index contributed by atoms with van der Waals surface area (Å²) in [5.74, 6) is 1.89. The highest BCUT2D eigenvalue weighted by atomic mass is 35.5. The van der Waals surface area contributed by atoms with Crippen LogP contribution >= 0.6 is 35.3 Å². The molecule has 0 atom stereocenters. The van der Waals surface area contributed by atoms with Gasteiger partial charge in [0, 0.05) is 19.2 Å². The Kier molecular flexibility index (Phi) is 10.5. The van der Waals surface area contributed by atoms with E-state index >= 15 is 0 Å². The molecule has 8 nitrogen and oxygen atoms in total. The summed E-state index contributed by atoms with van der Waals surface area (Å²) in [6, 6.07) is 7.08. The molecule has 0 aliphatic heterocycles. The smallest absolute Gasteiger partial charge is 0.252 e. The number of carbonyl (C=O) groups is 1. The van der Waals surface area contributed by atoms with Crippen molar-refractivity contribution in [1.29, 1.82) is 0 Å². The van der Waals surface area contributed by atoms with E-state index in [1.54, 1.807) is 63.7 Å². The topological polar surface area (TPSA) is 73.4 Å². The van der Waals surface area contributed by atoms with Crippen molar-refractivity contribution in [1.82, 2.24) is 9.88 Å². The monoisotopic (exact) mass is 541 g/mol. The van der Waals surface area contributed by atoms with Crippen LogP contribution in [0, 0.1) is 0 Å². The van der Waals surface area contributed by atoms with Crippen LogP contribution in [0.5, 0.6) is 23.0 Å². The normalized spacial score (nSPS) is 11.0. The second kappa shape index (κ2) is 12.8. The summed E-state index contributed by atoms with van der Waals surface area (Å²) >= 11 is 7.74. The quantitative estimate of drug-likeness (QED) is 0.334. The number of anilines is 1. The van der Waals surface area contributed by atoms with E-state index in [1.165, 1.54) is 17.4 Å². The van der Waals surface area contributed by atoms with Gasteiger partial charge in [0.25, 0.3) is 5.91 Å². The highest BCUT2D eigenvalue weighted by Crippen LogP contribution is 2.40. The maximum absolute atomic E-state index is 13.3. The van der Waals surface area contributed by atoms with Crippen molar-refractivity contribution in [3.05, 3.63) is 40.9 Å². The minimum absolute atomic E-state index is 0. The first kappa shape index (κ1) is 28.5. The number of aromatic nitrogens is 1. The number of nitrogens with zero attached hydrogens (tertiary/aromatic N) is 3. The molecular formula is C24H29Cl2N3O5S. The van der Waals surface area contributed by atoms with E-state index in [-0.39, 0.29) is 18.3 Å². The first-order valence-corrected chi connectivity index (χ1v) is 11.6. The Morgan fingerprint density at radius 1 is 1.00 bits per heavy atom. The molecule has 190 valence electrons. The van der Waals surface area contributed by atoms with E-state index in [4.69, 9.17) is 30.5 Å². The molecule has 0 unspecified atom stereocenters. The van der Waals surface area contributed by atoms with Gasteiger partial charge in [0.2, 0.25) is 5.75 Å². The summed E-state index contributed by atoms with van der Waals surface area (Å²) in [4.78, 5) is 21.6. The van der Waals surface area contributed by atoms with Gasteiger partial charge in [0.15, 0.2) is 16.6 Å². The van der Waals surface area contributed by atoms with Gasteiger partial charge < -0.3 is 23.8 Å². The van der Waals surface area contributed by atoms with Crippen LogP contribution in [0.3, 0.4) is 0 Å². The summed E-state index contributed by atoms with van der Waals surface area (Å²) in [6.07, 6.45) is 3.21. The maximum Gasteiger partial charge on any atom is 0.252 e. The number of hydrogen-bond donors (Lipinski definition) is 0. The summed E-state index contributed by atoms with van der Waals surface area (Å²) < 4.78 is 22.4. The zero-order chi connectivity index (χ0) is 24.8. The van der Waals surface area contributed by atoms with Crippen LogP contribution in [0.15, 0.2) is 30.3 Å². The van der Waals surface area contributed by atoms with E-state index in [0.29, 0.717) is 51.8 Å². The van der Waals surface area contributed by atoms with Crippen molar-refractivity contribution in [2.24, 2.45) is 0 Å². The molecule has 35 heavy (non-hydrogen) atoms. The van der Waals surface area contributed by atoms with Gasteiger partial charge in [-0.3, -0.25) is 9.69 Å². The summed E-state index contributed by atoms with van der Waals surface area (Å²) in [5, 5.41) is 1.11. The number of methoxy groups -OCH3 is 4. The molecule has 1 heterocycles. The lowest BCUT2D eigenvalue weighted by Crippen LogP contribution is -2.35. The van der Waals surface area contributed by atoms with Crippen LogP contribution in [0.25, 0.3) is 16.3 Å². The third-order valence-corrected chi connectivity index (χ3v) is 6.58. The first-order chi connectivity index (χ1) is 16.3. The van der Waals surface area contributed by atoms with Crippen LogP contribution in [-0.4, -0.2) is 71.4 Å². The molecule has 3 rings (SSSR count). The molecule has 3 aromatic rings. The van der Waals surface area contributed by atoms with Crippen LogP contribution < -0.4 is 23.8 Å². The molecule has 1 amide bonds. The van der Waals surface area contributed by atoms with Gasteiger partial charge in [-0.25, -0.2) is 4.98 Å². The number of benzene rings is 2.